The van der Waals surface area contributed by atoms with Gasteiger partial charge in [-0.2, -0.15) is 0 Å². The first kappa shape index (κ1) is 13.4. The van der Waals surface area contributed by atoms with Gasteiger partial charge in [0.1, 0.15) is 0 Å². The van der Waals surface area contributed by atoms with Crippen molar-refractivity contribution in [3.8, 4) is 5.88 Å². The van der Waals surface area contributed by atoms with Gasteiger partial charge in [0.05, 0.1) is 24.4 Å². The van der Waals surface area contributed by atoms with E-state index >= 15 is 0 Å². The molecule has 1 rings (SSSR count). The van der Waals surface area contributed by atoms with Crippen molar-refractivity contribution in [3.05, 3.63) is 18.3 Å². The first-order chi connectivity index (χ1) is 8.21. The fourth-order valence-electron chi connectivity index (χ4n) is 1.39. The highest BCUT2D eigenvalue weighted by molar-refractivity contribution is 5.92. The average Bonchev–Trinajstić information content (AvgIpc) is 2.33. The molecule has 1 aromatic heterocycles. The third-order valence-corrected chi connectivity index (χ3v) is 2.44. The lowest BCUT2D eigenvalue weighted by Crippen LogP contribution is -2.28. The first-order valence-corrected chi connectivity index (χ1v) is 5.81. The molecule has 17 heavy (non-hydrogen) atoms. The van der Waals surface area contributed by atoms with E-state index in [1.54, 1.807) is 18.3 Å². The van der Waals surface area contributed by atoms with Crippen LogP contribution in [0.2, 0.25) is 0 Å². The Kier molecular flexibility index (Phi) is 5.42. The van der Waals surface area contributed by atoms with E-state index in [1.165, 1.54) is 0 Å². The molecule has 1 unspecified atom stereocenters. The zero-order valence-corrected chi connectivity index (χ0v) is 10.3. The summed E-state index contributed by atoms with van der Waals surface area (Å²) in [6, 6.07) is 3.49. The van der Waals surface area contributed by atoms with Crippen molar-refractivity contribution >= 4 is 11.6 Å². The van der Waals surface area contributed by atoms with Gasteiger partial charge in [-0.25, -0.2) is 4.98 Å². The molecule has 94 valence electrons. The van der Waals surface area contributed by atoms with Gasteiger partial charge in [-0.05, 0) is 19.4 Å². The Morgan fingerprint density at radius 1 is 1.53 bits per heavy atom. The summed E-state index contributed by atoms with van der Waals surface area (Å²) in [6.45, 7) is 4.76. The Morgan fingerprint density at radius 3 is 2.76 bits per heavy atom. The van der Waals surface area contributed by atoms with Crippen molar-refractivity contribution in [2.24, 2.45) is 11.7 Å². The molecule has 0 aliphatic carbocycles. The van der Waals surface area contributed by atoms with Gasteiger partial charge in [0.15, 0.2) is 0 Å². The molecule has 0 aliphatic rings. The summed E-state index contributed by atoms with van der Waals surface area (Å²) >= 11 is 0. The molecule has 0 aliphatic heterocycles. The van der Waals surface area contributed by atoms with Gasteiger partial charge in [-0.3, -0.25) is 4.79 Å². The number of hydrogen-bond donors (Lipinski definition) is 2. The van der Waals surface area contributed by atoms with Crippen molar-refractivity contribution in [3.63, 3.8) is 0 Å². The highest BCUT2D eigenvalue weighted by atomic mass is 16.5. The highest BCUT2D eigenvalue weighted by Gasteiger charge is 2.14. The minimum absolute atomic E-state index is 0.0686. The Labute approximate surface area is 101 Å². The number of aromatic nitrogens is 1. The van der Waals surface area contributed by atoms with Crippen molar-refractivity contribution in [2.45, 2.75) is 20.3 Å². The zero-order chi connectivity index (χ0) is 12.7. The molecule has 0 radical (unpaired) electrons. The number of ether oxygens (including phenoxy) is 1. The number of rotatable bonds is 6. The van der Waals surface area contributed by atoms with Crippen molar-refractivity contribution in [1.29, 1.82) is 0 Å². The summed E-state index contributed by atoms with van der Waals surface area (Å²) in [5, 5.41) is 2.78. The van der Waals surface area contributed by atoms with E-state index in [0.29, 0.717) is 24.7 Å². The number of carbonyl (C=O) groups is 1. The van der Waals surface area contributed by atoms with Gasteiger partial charge in [0, 0.05) is 12.6 Å². The van der Waals surface area contributed by atoms with Gasteiger partial charge >= 0.3 is 0 Å². The number of amides is 1. The van der Waals surface area contributed by atoms with Gasteiger partial charge in [-0.15, -0.1) is 0 Å². The molecular weight excluding hydrogens is 218 g/mol. The molecule has 0 bridgehead atoms. The Morgan fingerprint density at radius 2 is 2.29 bits per heavy atom. The van der Waals surface area contributed by atoms with Crippen LogP contribution in [0.25, 0.3) is 0 Å². The standard InChI is InChI=1S/C12H19N3O2/c1-3-9(7-13)12(16)15-10-5-6-11(14-8-10)17-4-2/h5-6,8-9H,3-4,7,13H2,1-2H3,(H,15,16). The van der Waals surface area contributed by atoms with Crippen LogP contribution in [0.4, 0.5) is 5.69 Å². The van der Waals surface area contributed by atoms with E-state index in [2.05, 4.69) is 10.3 Å². The number of nitrogens with one attached hydrogen (secondary N) is 1. The predicted molar refractivity (Wildman–Crippen MR) is 66.9 cm³/mol. The normalized spacial score (nSPS) is 11.9. The van der Waals surface area contributed by atoms with Crippen LogP contribution in [0.5, 0.6) is 5.88 Å². The number of nitrogens with two attached hydrogens (primary N) is 1. The zero-order valence-electron chi connectivity index (χ0n) is 10.3. The van der Waals surface area contributed by atoms with E-state index in [-0.39, 0.29) is 11.8 Å². The van der Waals surface area contributed by atoms with Gasteiger partial charge in [-0.1, -0.05) is 6.92 Å². The van der Waals surface area contributed by atoms with E-state index in [9.17, 15) is 4.79 Å². The van der Waals surface area contributed by atoms with Crippen molar-refractivity contribution in [1.82, 2.24) is 4.98 Å². The van der Waals surface area contributed by atoms with Gasteiger partial charge < -0.3 is 15.8 Å². The van der Waals surface area contributed by atoms with Crippen LogP contribution in [-0.4, -0.2) is 24.0 Å². The largest absolute Gasteiger partial charge is 0.478 e. The van der Waals surface area contributed by atoms with Crippen LogP contribution in [0.3, 0.4) is 0 Å². The van der Waals surface area contributed by atoms with Crippen LogP contribution in [0, 0.1) is 5.92 Å². The van der Waals surface area contributed by atoms with E-state index < -0.39 is 0 Å². The molecule has 1 heterocycles. The summed E-state index contributed by atoms with van der Waals surface area (Å²) in [7, 11) is 0. The number of anilines is 1. The molecule has 1 aromatic rings. The molecule has 0 saturated heterocycles. The van der Waals surface area contributed by atoms with Gasteiger partial charge in [0.2, 0.25) is 11.8 Å². The topological polar surface area (TPSA) is 77.2 Å². The second-order valence-corrected chi connectivity index (χ2v) is 3.65. The predicted octanol–water partition coefficient (Wildman–Crippen LogP) is 1.40. The summed E-state index contributed by atoms with van der Waals surface area (Å²) in [5.41, 5.74) is 6.16. The molecule has 5 nitrogen and oxygen atoms in total. The molecular formula is C12H19N3O2. The quantitative estimate of drug-likeness (QED) is 0.784. The first-order valence-electron chi connectivity index (χ1n) is 5.81. The lowest BCUT2D eigenvalue weighted by atomic mass is 10.1. The molecule has 0 spiro atoms. The van der Waals surface area contributed by atoms with Gasteiger partial charge in [0.25, 0.3) is 0 Å². The average molecular weight is 237 g/mol. The molecule has 0 aromatic carbocycles. The molecule has 3 N–H and O–H groups in total. The van der Waals surface area contributed by atoms with Crippen molar-refractivity contribution in [2.75, 3.05) is 18.5 Å². The molecule has 5 heteroatoms. The summed E-state index contributed by atoms with van der Waals surface area (Å²) < 4.78 is 5.21. The fourth-order valence-corrected chi connectivity index (χ4v) is 1.39. The fraction of sp³-hybridized carbons (Fsp3) is 0.500. The SMILES string of the molecule is CCOc1ccc(NC(=O)C(CC)CN)cn1. The summed E-state index contributed by atoms with van der Waals surface area (Å²) in [6.07, 6.45) is 2.30. The number of pyridine rings is 1. The molecule has 1 atom stereocenters. The monoisotopic (exact) mass is 237 g/mol. The number of nitrogens with zero attached hydrogens (tertiary/aromatic N) is 1. The maximum atomic E-state index is 11.7. The molecule has 0 saturated carbocycles. The maximum Gasteiger partial charge on any atom is 0.228 e. The summed E-state index contributed by atoms with van der Waals surface area (Å²) in [4.78, 5) is 15.8. The molecule has 0 fully saturated rings. The smallest absolute Gasteiger partial charge is 0.228 e. The van der Waals surface area contributed by atoms with E-state index in [4.69, 9.17) is 10.5 Å². The highest BCUT2D eigenvalue weighted by Crippen LogP contribution is 2.13. The lowest BCUT2D eigenvalue weighted by molar-refractivity contribution is -0.119. The third-order valence-electron chi connectivity index (χ3n) is 2.44. The van der Waals surface area contributed by atoms with Crippen LogP contribution >= 0.6 is 0 Å². The minimum atomic E-state index is -0.151. The van der Waals surface area contributed by atoms with Crippen LogP contribution in [0.1, 0.15) is 20.3 Å². The van der Waals surface area contributed by atoms with Crippen LogP contribution in [0.15, 0.2) is 18.3 Å². The Bertz CT molecular complexity index is 347. The summed E-state index contributed by atoms with van der Waals surface area (Å²) in [5.74, 6) is 0.332. The second-order valence-electron chi connectivity index (χ2n) is 3.65. The van der Waals surface area contributed by atoms with Crippen LogP contribution < -0.4 is 15.8 Å². The van der Waals surface area contributed by atoms with Crippen molar-refractivity contribution < 1.29 is 9.53 Å². The Hall–Kier alpha value is -1.62. The third kappa shape index (κ3) is 4.03. The maximum absolute atomic E-state index is 11.7. The van der Waals surface area contributed by atoms with Crippen LogP contribution in [-0.2, 0) is 4.79 Å². The molecule has 1 amide bonds. The lowest BCUT2D eigenvalue weighted by Gasteiger charge is -2.12. The second kappa shape index (κ2) is 6.85. The number of carbonyl (C=O) groups excluding carboxylic acids is 1. The Balaban J connectivity index is 2.59. The van der Waals surface area contributed by atoms with E-state index in [0.717, 1.165) is 6.42 Å². The number of hydrogen-bond acceptors (Lipinski definition) is 4. The van der Waals surface area contributed by atoms with E-state index in [1.807, 2.05) is 13.8 Å². The minimum Gasteiger partial charge on any atom is -0.478 e.